The Morgan fingerprint density at radius 1 is 1.00 bits per heavy atom. The topological polar surface area (TPSA) is 52.6 Å². The van der Waals surface area contributed by atoms with Crippen molar-refractivity contribution < 1.29 is 19.1 Å². The van der Waals surface area contributed by atoms with E-state index in [0.717, 1.165) is 11.5 Å². The summed E-state index contributed by atoms with van der Waals surface area (Å²) >= 11 is 0. The monoisotopic (exact) mass is 323 g/mol. The molecule has 123 valence electrons. The zero-order valence-electron chi connectivity index (χ0n) is 13.9. The van der Waals surface area contributed by atoms with Gasteiger partial charge >= 0.3 is 0 Å². The lowest BCUT2D eigenvalue weighted by molar-refractivity contribution is -0.118. The van der Waals surface area contributed by atoms with Crippen LogP contribution in [-0.4, -0.2) is 25.8 Å². The summed E-state index contributed by atoms with van der Waals surface area (Å²) in [6.07, 6.45) is 12.0. The lowest BCUT2D eigenvalue weighted by atomic mass is 9.98. The summed E-state index contributed by atoms with van der Waals surface area (Å²) in [4.78, 5) is 24.1. The van der Waals surface area contributed by atoms with Gasteiger partial charge in [-0.3, -0.25) is 9.59 Å². The molecule has 1 saturated carbocycles. The third-order valence-corrected chi connectivity index (χ3v) is 3.48. The van der Waals surface area contributed by atoms with Crippen LogP contribution in [0, 0.1) is 31.6 Å². The Labute approximate surface area is 143 Å². The fraction of sp³-hybridized carbons (Fsp3) is 0.150. The number of benzene rings is 1. The van der Waals surface area contributed by atoms with Gasteiger partial charge in [-0.25, -0.2) is 0 Å². The molecule has 0 saturated heterocycles. The maximum atomic E-state index is 12.3. The van der Waals surface area contributed by atoms with Gasteiger partial charge in [-0.15, -0.1) is 0 Å². The molecule has 0 amide bonds. The van der Waals surface area contributed by atoms with Gasteiger partial charge in [0.1, 0.15) is 0 Å². The van der Waals surface area contributed by atoms with E-state index in [0.29, 0.717) is 11.5 Å². The largest absolute Gasteiger partial charge is 0.493 e. The van der Waals surface area contributed by atoms with Crippen molar-refractivity contribution in [1.82, 2.24) is 0 Å². The highest BCUT2D eigenvalue weighted by Gasteiger charge is 2.19. The van der Waals surface area contributed by atoms with Gasteiger partial charge < -0.3 is 9.47 Å². The summed E-state index contributed by atoms with van der Waals surface area (Å²) in [6, 6.07) is 5.32. The molecule has 1 aliphatic carbocycles. The van der Waals surface area contributed by atoms with Crippen LogP contribution in [0.25, 0.3) is 6.08 Å². The zero-order valence-corrected chi connectivity index (χ0v) is 13.9. The summed E-state index contributed by atoms with van der Waals surface area (Å²) in [5.74, 6) is 1.41. The molecule has 0 heterocycles. The van der Waals surface area contributed by atoms with Crippen molar-refractivity contribution >= 4 is 17.6 Å². The van der Waals surface area contributed by atoms with Gasteiger partial charge in [-0.05, 0) is 56.4 Å². The zero-order chi connectivity index (χ0) is 17.5. The van der Waals surface area contributed by atoms with E-state index in [1.807, 2.05) is 25.7 Å². The van der Waals surface area contributed by atoms with Gasteiger partial charge in [-0.1, -0.05) is 18.2 Å². The van der Waals surface area contributed by atoms with Crippen LogP contribution >= 0.6 is 0 Å². The molecule has 1 aliphatic rings. The van der Waals surface area contributed by atoms with Crippen molar-refractivity contribution in [2.24, 2.45) is 0 Å². The predicted octanol–water partition coefficient (Wildman–Crippen LogP) is 3.21. The smallest absolute Gasteiger partial charge is 0.189 e. The van der Waals surface area contributed by atoms with Gasteiger partial charge in [0.2, 0.25) is 0 Å². The number of ether oxygens (including phenoxy) is 2. The second kappa shape index (κ2) is 8.48. The minimum absolute atomic E-state index is 0.151. The average Bonchev–Trinajstić information content (AvgIpc) is 3.10. The summed E-state index contributed by atoms with van der Waals surface area (Å²) in [5, 5.41) is 0. The molecule has 1 aromatic carbocycles. The molecule has 24 heavy (non-hydrogen) atoms. The Kier molecular flexibility index (Phi) is 6.36. The van der Waals surface area contributed by atoms with Gasteiger partial charge in [0.25, 0.3) is 0 Å². The molecular formula is C20H19O4. The van der Waals surface area contributed by atoms with Gasteiger partial charge in [0, 0.05) is 5.92 Å². The molecule has 0 aromatic heterocycles. The molecule has 0 N–H and O–H groups in total. The summed E-state index contributed by atoms with van der Waals surface area (Å²) in [7, 11) is 3.11. The standard InChI is InChI=1S/C20H19O4/c1-14(21)17(12-15-6-4-5-7-15)18(22)10-8-16-9-11-19(23-2)20(13-16)24-3/h4-13H,1-3H3/b10-8+,17-12-. The number of ketones is 2. The highest BCUT2D eigenvalue weighted by Crippen LogP contribution is 2.28. The molecule has 0 atom stereocenters. The molecule has 1 aromatic rings. The van der Waals surface area contributed by atoms with E-state index in [9.17, 15) is 9.59 Å². The molecule has 2 rings (SSSR count). The molecule has 0 aliphatic heterocycles. The van der Waals surface area contributed by atoms with Gasteiger partial charge in [0.15, 0.2) is 23.1 Å². The first-order valence-corrected chi connectivity index (χ1v) is 7.44. The lowest BCUT2D eigenvalue weighted by Gasteiger charge is -2.07. The van der Waals surface area contributed by atoms with Crippen LogP contribution in [0.15, 0.2) is 35.9 Å². The molecule has 0 unspecified atom stereocenters. The summed E-state index contributed by atoms with van der Waals surface area (Å²) < 4.78 is 10.4. The van der Waals surface area contributed by atoms with Crippen LogP contribution in [-0.2, 0) is 9.59 Å². The van der Waals surface area contributed by atoms with Crippen molar-refractivity contribution in [3.05, 3.63) is 73.1 Å². The Hall–Kier alpha value is -2.36. The van der Waals surface area contributed by atoms with Crippen molar-refractivity contribution in [2.45, 2.75) is 6.92 Å². The second-order valence-electron chi connectivity index (χ2n) is 5.14. The van der Waals surface area contributed by atoms with Gasteiger partial charge in [-0.2, -0.15) is 0 Å². The Balaban J connectivity index is 2.16. The number of rotatable bonds is 7. The van der Waals surface area contributed by atoms with Crippen molar-refractivity contribution in [1.29, 1.82) is 0 Å². The van der Waals surface area contributed by atoms with E-state index < -0.39 is 0 Å². The van der Waals surface area contributed by atoms with Crippen LogP contribution in [0.3, 0.4) is 0 Å². The van der Waals surface area contributed by atoms with Crippen LogP contribution in [0.4, 0.5) is 0 Å². The number of carbonyl (C=O) groups is 2. The fourth-order valence-electron chi connectivity index (χ4n) is 2.22. The van der Waals surface area contributed by atoms with E-state index in [4.69, 9.17) is 9.47 Å². The quantitative estimate of drug-likeness (QED) is 0.439. The Morgan fingerprint density at radius 3 is 2.25 bits per heavy atom. The number of Topliss-reactive ketones (excluding diaryl/α,β-unsaturated/α-hetero) is 1. The van der Waals surface area contributed by atoms with Crippen LogP contribution in [0.1, 0.15) is 12.5 Å². The third kappa shape index (κ3) is 4.57. The molecule has 0 bridgehead atoms. The maximum Gasteiger partial charge on any atom is 0.189 e. The number of methoxy groups -OCH3 is 2. The van der Waals surface area contributed by atoms with Crippen molar-refractivity contribution in [2.75, 3.05) is 14.2 Å². The fourth-order valence-corrected chi connectivity index (χ4v) is 2.22. The third-order valence-electron chi connectivity index (χ3n) is 3.48. The molecule has 1 fully saturated rings. The Bertz CT molecular complexity index is 664. The van der Waals surface area contributed by atoms with Crippen LogP contribution in [0.2, 0.25) is 0 Å². The highest BCUT2D eigenvalue weighted by atomic mass is 16.5. The average molecular weight is 323 g/mol. The maximum absolute atomic E-state index is 12.3. The number of allylic oxidation sites excluding steroid dienone is 3. The van der Waals surface area contributed by atoms with Crippen molar-refractivity contribution in [3.63, 3.8) is 0 Å². The first kappa shape index (κ1) is 18.0. The molecule has 5 radical (unpaired) electrons. The minimum Gasteiger partial charge on any atom is -0.493 e. The minimum atomic E-state index is -0.335. The van der Waals surface area contributed by atoms with Crippen LogP contribution < -0.4 is 9.47 Å². The molecular weight excluding hydrogens is 304 g/mol. The second-order valence-corrected chi connectivity index (χ2v) is 5.14. The molecule has 0 spiro atoms. The van der Waals surface area contributed by atoms with E-state index in [1.54, 1.807) is 44.6 Å². The first-order chi connectivity index (χ1) is 11.5. The predicted molar refractivity (Wildman–Crippen MR) is 92.8 cm³/mol. The van der Waals surface area contributed by atoms with E-state index >= 15 is 0 Å². The number of hydrogen-bond donors (Lipinski definition) is 0. The summed E-state index contributed by atoms with van der Waals surface area (Å²) in [5.41, 5.74) is 0.926. The van der Waals surface area contributed by atoms with Gasteiger partial charge in [0.05, 0.1) is 19.8 Å². The number of carbonyl (C=O) groups excluding carboxylic acids is 2. The van der Waals surface area contributed by atoms with E-state index in [1.165, 1.54) is 13.0 Å². The molecule has 4 nitrogen and oxygen atoms in total. The Morgan fingerprint density at radius 2 is 1.67 bits per heavy atom. The van der Waals surface area contributed by atoms with E-state index in [2.05, 4.69) is 0 Å². The van der Waals surface area contributed by atoms with E-state index in [-0.39, 0.29) is 17.1 Å². The lowest BCUT2D eigenvalue weighted by Crippen LogP contribution is -2.09. The SMILES string of the molecule is COc1ccc(/C=C/C(=O)/C(=C\[C]2[CH][CH][CH][CH]2)C(C)=O)cc1OC. The first-order valence-electron chi connectivity index (χ1n) is 7.44. The summed E-state index contributed by atoms with van der Waals surface area (Å²) in [6.45, 7) is 1.39. The normalized spacial score (nSPS) is 15.7. The highest BCUT2D eigenvalue weighted by molar-refractivity contribution is 6.24. The number of hydrogen-bond acceptors (Lipinski definition) is 4. The van der Waals surface area contributed by atoms with Crippen molar-refractivity contribution in [3.8, 4) is 11.5 Å². The molecule has 4 heteroatoms. The van der Waals surface area contributed by atoms with Crippen LogP contribution in [0.5, 0.6) is 11.5 Å².